The molecule has 0 aliphatic carbocycles. The Balaban J connectivity index is 3.14. The van der Waals surface area contributed by atoms with Gasteiger partial charge in [0.1, 0.15) is 0 Å². The summed E-state index contributed by atoms with van der Waals surface area (Å²) in [4.78, 5) is 24.9. The largest absolute Gasteiger partial charge is 0.493 e. The van der Waals surface area contributed by atoms with Crippen molar-refractivity contribution in [2.45, 2.75) is 27.2 Å². The van der Waals surface area contributed by atoms with Crippen molar-refractivity contribution < 1.29 is 19.1 Å². The summed E-state index contributed by atoms with van der Waals surface area (Å²) in [6, 6.07) is 3.18. The van der Waals surface area contributed by atoms with Crippen LogP contribution < -0.4 is 25.4 Å². The number of anilines is 1. The van der Waals surface area contributed by atoms with Gasteiger partial charge in [-0.25, -0.2) is 0 Å². The van der Waals surface area contributed by atoms with Crippen LogP contribution in [0.4, 0.5) is 5.69 Å². The van der Waals surface area contributed by atoms with Crippen LogP contribution in [-0.2, 0) is 4.79 Å². The lowest BCUT2D eigenvalue weighted by Crippen LogP contribution is -2.31. The Labute approximate surface area is 149 Å². The van der Waals surface area contributed by atoms with Gasteiger partial charge in [-0.05, 0) is 26.1 Å². The molecular weight excluding hydrogens is 322 g/mol. The van der Waals surface area contributed by atoms with E-state index < -0.39 is 5.41 Å². The van der Waals surface area contributed by atoms with Gasteiger partial charge in [0, 0.05) is 18.0 Å². The monoisotopic (exact) mass is 351 g/mol. The quantitative estimate of drug-likeness (QED) is 0.624. The molecule has 7 nitrogen and oxygen atoms in total. The number of ether oxygens (including phenoxy) is 2. The molecule has 1 aromatic rings. The minimum atomic E-state index is -0.590. The lowest BCUT2D eigenvalue weighted by atomic mass is 9.95. The first kappa shape index (κ1) is 20.8. The maximum Gasteiger partial charge on any atom is 0.253 e. The zero-order chi connectivity index (χ0) is 19.0. The van der Waals surface area contributed by atoms with Crippen LogP contribution in [0.25, 0.3) is 0 Å². The highest BCUT2D eigenvalue weighted by Crippen LogP contribution is 2.34. The van der Waals surface area contributed by atoms with Crippen LogP contribution in [0, 0.1) is 5.41 Å². The molecule has 140 valence electrons. The van der Waals surface area contributed by atoms with Crippen molar-refractivity contribution in [1.29, 1.82) is 0 Å². The van der Waals surface area contributed by atoms with Gasteiger partial charge in [0.2, 0.25) is 5.91 Å². The van der Waals surface area contributed by atoms with Gasteiger partial charge < -0.3 is 25.4 Å². The summed E-state index contributed by atoms with van der Waals surface area (Å²) in [5.74, 6) is 0.403. The summed E-state index contributed by atoms with van der Waals surface area (Å²) >= 11 is 0. The number of benzene rings is 1. The van der Waals surface area contributed by atoms with Crippen molar-refractivity contribution in [2.24, 2.45) is 5.41 Å². The molecular formula is C18H29N3O4. The van der Waals surface area contributed by atoms with Crippen LogP contribution >= 0.6 is 0 Å². The number of carbonyl (C=O) groups is 2. The second-order valence-corrected chi connectivity index (χ2v) is 6.67. The summed E-state index contributed by atoms with van der Waals surface area (Å²) < 4.78 is 10.5. The maximum absolute atomic E-state index is 12.5. The molecule has 0 aliphatic rings. The summed E-state index contributed by atoms with van der Waals surface area (Å²) in [6.07, 6.45) is 0.805. The van der Waals surface area contributed by atoms with Gasteiger partial charge in [0.15, 0.2) is 11.5 Å². The van der Waals surface area contributed by atoms with E-state index in [0.717, 1.165) is 13.0 Å². The first-order chi connectivity index (χ1) is 11.7. The third kappa shape index (κ3) is 5.94. The first-order valence-electron chi connectivity index (χ1n) is 8.24. The topological polar surface area (TPSA) is 88.7 Å². The molecule has 0 aliphatic heterocycles. The Morgan fingerprint density at radius 2 is 1.64 bits per heavy atom. The molecule has 1 rings (SSSR count). The highest BCUT2D eigenvalue weighted by atomic mass is 16.5. The minimum Gasteiger partial charge on any atom is -0.493 e. The minimum absolute atomic E-state index is 0.191. The third-order valence-electron chi connectivity index (χ3n) is 3.59. The standard InChI is InChI=1S/C18H29N3O4/c1-18(2,3)17(23)21-13-11-15(25-6)14(24-5)10-12(13)16(22)20-9-7-8-19-4/h10-11,19H,7-9H2,1-6H3,(H,20,22)(H,21,23). The Kier molecular flexibility index (Phi) is 7.70. The van der Waals surface area contributed by atoms with E-state index in [1.54, 1.807) is 32.9 Å². The molecule has 1 aromatic carbocycles. The van der Waals surface area contributed by atoms with Gasteiger partial charge in [-0.2, -0.15) is 0 Å². The average molecular weight is 351 g/mol. The lowest BCUT2D eigenvalue weighted by Gasteiger charge is -2.20. The molecule has 2 amide bonds. The molecule has 0 saturated heterocycles. The smallest absolute Gasteiger partial charge is 0.253 e. The second-order valence-electron chi connectivity index (χ2n) is 6.67. The van der Waals surface area contributed by atoms with Crippen molar-refractivity contribution in [3.8, 4) is 11.5 Å². The highest BCUT2D eigenvalue weighted by Gasteiger charge is 2.24. The van der Waals surface area contributed by atoms with E-state index in [2.05, 4.69) is 16.0 Å². The van der Waals surface area contributed by atoms with E-state index in [0.29, 0.717) is 29.3 Å². The zero-order valence-electron chi connectivity index (χ0n) is 15.9. The number of hydrogen-bond donors (Lipinski definition) is 3. The second kappa shape index (κ2) is 9.27. The number of carbonyl (C=O) groups excluding carboxylic acids is 2. The van der Waals surface area contributed by atoms with Crippen LogP contribution in [-0.4, -0.2) is 46.2 Å². The maximum atomic E-state index is 12.5. The molecule has 0 heterocycles. The van der Waals surface area contributed by atoms with Crippen molar-refractivity contribution in [1.82, 2.24) is 10.6 Å². The van der Waals surface area contributed by atoms with E-state index >= 15 is 0 Å². The van der Waals surface area contributed by atoms with Crippen molar-refractivity contribution in [3.05, 3.63) is 17.7 Å². The fourth-order valence-corrected chi connectivity index (χ4v) is 2.04. The van der Waals surface area contributed by atoms with Gasteiger partial charge in [0.25, 0.3) is 5.91 Å². The number of rotatable bonds is 8. The Morgan fingerprint density at radius 3 is 2.16 bits per heavy atom. The van der Waals surface area contributed by atoms with Crippen molar-refractivity contribution >= 4 is 17.5 Å². The van der Waals surface area contributed by atoms with Gasteiger partial charge in [0.05, 0.1) is 25.5 Å². The highest BCUT2D eigenvalue weighted by molar-refractivity contribution is 6.05. The molecule has 0 unspecified atom stereocenters. The molecule has 0 bridgehead atoms. The Bertz CT molecular complexity index is 609. The molecule has 0 aromatic heterocycles. The van der Waals surface area contributed by atoms with E-state index in [9.17, 15) is 9.59 Å². The predicted octanol–water partition coefficient (Wildman–Crippen LogP) is 2.03. The summed E-state index contributed by atoms with van der Waals surface area (Å²) in [7, 11) is 4.86. The molecule has 0 fully saturated rings. The number of methoxy groups -OCH3 is 2. The lowest BCUT2D eigenvalue weighted by molar-refractivity contribution is -0.123. The molecule has 3 N–H and O–H groups in total. The number of hydrogen-bond acceptors (Lipinski definition) is 5. The van der Waals surface area contributed by atoms with Crippen LogP contribution in [0.5, 0.6) is 11.5 Å². The number of nitrogens with one attached hydrogen (secondary N) is 3. The average Bonchev–Trinajstić information content (AvgIpc) is 2.57. The van der Waals surface area contributed by atoms with E-state index in [4.69, 9.17) is 9.47 Å². The van der Waals surface area contributed by atoms with Crippen molar-refractivity contribution in [2.75, 3.05) is 39.7 Å². The van der Waals surface area contributed by atoms with Gasteiger partial charge >= 0.3 is 0 Å². The zero-order valence-corrected chi connectivity index (χ0v) is 15.9. The van der Waals surface area contributed by atoms with Crippen LogP contribution in [0.3, 0.4) is 0 Å². The van der Waals surface area contributed by atoms with Gasteiger partial charge in [-0.3, -0.25) is 9.59 Å². The van der Waals surface area contributed by atoms with Crippen molar-refractivity contribution in [3.63, 3.8) is 0 Å². The number of amides is 2. The Morgan fingerprint density at radius 1 is 1.04 bits per heavy atom. The summed E-state index contributed by atoms with van der Waals surface area (Å²) in [6.45, 7) is 6.75. The molecule has 0 radical (unpaired) electrons. The third-order valence-corrected chi connectivity index (χ3v) is 3.59. The van der Waals surface area contributed by atoms with E-state index in [1.807, 2.05) is 7.05 Å². The Hall–Kier alpha value is -2.28. The molecule has 0 saturated carbocycles. The molecule has 0 atom stereocenters. The van der Waals surface area contributed by atoms with E-state index in [-0.39, 0.29) is 11.8 Å². The SMILES string of the molecule is CNCCCNC(=O)c1cc(OC)c(OC)cc1NC(=O)C(C)(C)C. The van der Waals surface area contributed by atoms with Gasteiger partial charge in [-0.1, -0.05) is 20.8 Å². The van der Waals surface area contributed by atoms with E-state index in [1.165, 1.54) is 14.2 Å². The molecule has 7 heteroatoms. The molecule has 25 heavy (non-hydrogen) atoms. The fourth-order valence-electron chi connectivity index (χ4n) is 2.04. The van der Waals surface area contributed by atoms with Crippen LogP contribution in [0.15, 0.2) is 12.1 Å². The summed E-state index contributed by atoms with van der Waals surface area (Å²) in [5, 5.41) is 8.68. The normalized spacial score (nSPS) is 11.0. The fraction of sp³-hybridized carbons (Fsp3) is 0.556. The first-order valence-corrected chi connectivity index (χ1v) is 8.24. The predicted molar refractivity (Wildman–Crippen MR) is 98.5 cm³/mol. The molecule has 0 spiro atoms. The van der Waals surface area contributed by atoms with Crippen LogP contribution in [0.1, 0.15) is 37.6 Å². The summed E-state index contributed by atoms with van der Waals surface area (Å²) in [5.41, 5.74) is 0.136. The van der Waals surface area contributed by atoms with Crippen LogP contribution in [0.2, 0.25) is 0 Å². The van der Waals surface area contributed by atoms with Gasteiger partial charge in [-0.15, -0.1) is 0 Å².